The van der Waals surface area contributed by atoms with Crippen molar-refractivity contribution in [3.8, 4) is 0 Å². The molecule has 152 valence electrons. The highest BCUT2D eigenvalue weighted by atomic mass is 32.2. The number of nitrogens with zero attached hydrogens (tertiary/aromatic N) is 2. The molecule has 1 aromatic heterocycles. The predicted molar refractivity (Wildman–Crippen MR) is 112 cm³/mol. The Balaban J connectivity index is 1.60. The van der Waals surface area contributed by atoms with Crippen molar-refractivity contribution in [2.75, 3.05) is 6.54 Å². The zero-order chi connectivity index (χ0) is 20.0. The van der Waals surface area contributed by atoms with Gasteiger partial charge in [-0.1, -0.05) is 18.2 Å². The number of halogens is 2. The lowest BCUT2D eigenvalue weighted by Gasteiger charge is -2.40. The molecule has 1 aromatic carbocycles. The fourth-order valence-electron chi connectivity index (χ4n) is 4.43. The van der Waals surface area contributed by atoms with Crippen molar-refractivity contribution >= 4 is 34.0 Å². The number of rotatable bonds is 2. The Bertz CT molecular complexity index is 986. The first-order valence-electron chi connectivity index (χ1n) is 9.96. The van der Waals surface area contributed by atoms with Crippen LogP contribution in [0.25, 0.3) is 0 Å². The highest BCUT2D eigenvalue weighted by Gasteiger charge is 2.52. The molecule has 0 saturated carbocycles. The Morgan fingerprint density at radius 1 is 1.24 bits per heavy atom. The van der Waals surface area contributed by atoms with Gasteiger partial charge in [-0.15, -0.1) is 11.3 Å². The van der Waals surface area contributed by atoms with E-state index in [4.69, 9.17) is 0 Å². The van der Waals surface area contributed by atoms with E-state index < -0.39 is 16.5 Å². The van der Waals surface area contributed by atoms with Crippen LogP contribution in [-0.4, -0.2) is 28.5 Å². The third-order valence-corrected chi connectivity index (χ3v) is 8.27. The van der Waals surface area contributed by atoms with E-state index in [-0.39, 0.29) is 17.5 Å². The van der Waals surface area contributed by atoms with Crippen molar-refractivity contribution in [2.24, 2.45) is 5.10 Å². The van der Waals surface area contributed by atoms with Crippen LogP contribution in [0.2, 0.25) is 0 Å². The number of carbonyl (C=O) groups excluding carboxylic acids is 1. The number of amides is 1. The summed E-state index contributed by atoms with van der Waals surface area (Å²) in [6.45, 7) is 0.809. The average Bonchev–Trinajstić information content (AvgIpc) is 3.36. The van der Waals surface area contributed by atoms with E-state index in [1.807, 2.05) is 5.38 Å². The SMILES string of the molecule is O=C(C1CCCCN1)N1N=C(c2cc(F)ccc2F)SC12CCCc1sccc12. The Labute approximate surface area is 176 Å². The molecule has 2 aliphatic heterocycles. The maximum absolute atomic E-state index is 14.5. The number of thiophene rings is 1. The zero-order valence-corrected chi connectivity index (χ0v) is 17.4. The number of benzene rings is 1. The monoisotopic (exact) mass is 433 g/mol. The molecule has 8 heteroatoms. The number of hydrogen-bond acceptors (Lipinski definition) is 5. The summed E-state index contributed by atoms with van der Waals surface area (Å²) in [5, 5.41) is 11.9. The molecule has 0 radical (unpaired) electrons. The molecule has 4 nitrogen and oxygen atoms in total. The van der Waals surface area contributed by atoms with E-state index in [1.54, 1.807) is 16.3 Å². The number of hydrazone groups is 1. The number of hydrogen-bond donors (Lipinski definition) is 1. The lowest BCUT2D eigenvalue weighted by Crippen LogP contribution is -2.52. The third-order valence-electron chi connectivity index (χ3n) is 5.86. The second-order valence-electron chi connectivity index (χ2n) is 7.68. The molecule has 1 N–H and O–H groups in total. The topological polar surface area (TPSA) is 44.7 Å². The number of carbonyl (C=O) groups is 1. The highest BCUT2D eigenvalue weighted by Crippen LogP contribution is 2.55. The molecular weight excluding hydrogens is 412 g/mol. The van der Waals surface area contributed by atoms with Gasteiger partial charge in [0.05, 0.1) is 6.04 Å². The molecule has 2 atom stereocenters. The molecule has 1 fully saturated rings. The van der Waals surface area contributed by atoms with E-state index in [9.17, 15) is 13.6 Å². The zero-order valence-electron chi connectivity index (χ0n) is 15.8. The fraction of sp³-hybridized carbons (Fsp3) is 0.429. The van der Waals surface area contributed by atoms with Crippen LogP contribution >= 0.6 is 23.1 Å². The van der Waals surface area contributed by atoms with Crippen molar-refractivity contribution in [3.05, 3.63) is 57.3 Å². The Hall–Kier alpha value is -1.77. The third kappa shape index (κ3) is 3.21. The van der Waals surface area contributed by atoms with Crippen molar-refractivity contribution in [1.29, 1.82) is 0 Å². The van der Waals surface area contributed by atoms with Gasteiger partial charge in [-0.3, -0.25) is 4.79 Å². The van der Waals surface area contributed by atoms with Crippen LogP contribution < -0.4 is 5.32 Å². The van der Waals surface area contributed by atoms with Gasteiger partial charge >= 0.3 is 0 Å². The standard InChI is InChI=1S/C21H21F2N3OS2/c22-13-6-7-16(23)14(12-13)19-25-26(20(27)17-4-1-2-10-24-17)21(29-19)9-3-5-18-15(21)8-11-28-18/h6-8,11-12,17,24H,1-5,9-10H2. The lowest BCUT2D eigenvalue weighted by atomic mass is 9.92. The first-order valence-corrected chi connectivity index (χ1v) is 11.7. The van der Waals surface area contributed by atoms with Crippen molar-refractivity contribution < 1.29 is 13.6 Å². The Kier molecular flexibility index (Phi) is 4.96. The summed E-state index contributed by atoms with van der Waals surface area (Å²) < 4.78 is 28.4. The van der Waals surface area contributed by atoms with Gasteiger partial charge in [0.2, 0.25) is 0 Å². The number of nitrogens with one attached hydrogen (secondary N) is 1. The van der Waals surface area contributed by atoms with Gasteiger partial charge in [-0.2, -0.15) is 5.10 Å². The van der Waals surface area contributed by atoms with Crippen LogP contribution in [0.5, 0.6) is 0 Å². The average molecular weight is 434 g/mol. The van der Waals surface area contributed by atoms with Gasteiger partial charge in [0, 0.05) is 16.0 Å². The number of thioether (sulfide) groups is 1. The van der Waals surface area contributed by atoms with E-state index in [2.05, 4.69) is 16.5 Å². The van der Waals surface area contributed by atoms with Gasteiger partial charge in [0.15, 0.2) is 0 Å². The molecule has 29 heavy (non-hydrogen) atoms. The first-order chi connectivity index (χ1) is 14.1. The summed E-state index contributed by atoms with van der Waals surface area (Å²) in [4.78, 5) is 14.1. The normalized spacial score (nSPS) is 26.5. The van der Waals surface area contributed by atoms with Crippen LogP contribution in [0.3, 0.4) is 0 Å². The quantitative estimate of drug-likeness (QED) is 0.753. The highest BCUT2D eigenvalue weighted by molar-refractivity contribution is 8.15. The summed E-state index contributed by atoms with van der Waals surface area (Å²) in [5.74, 6) is -1.13. The summed E-state index contributed by atoms with van der Waals surface area (Å²) in [6.07, 6.45) is 5.46. The number of aryl methyl sites for hydroxylation is 1. The van der Waals surface area contributed by atoms with Crippen LogP contribution in [0, 0.1) is 11.6 Å². The maximum atomic E-state index is 14.5. The van der Waals surface area contributed by atoms with E-state index in [0.717, 1.165) is 62.8 Å². The molecule has 3 heterocycles. The molecule has 1 saturated heterocycles. The largest absolute Gasteiger partial charge is 0.306 e. The van der Waals surface area contributed by atoms with Crippen LogP contribution in [0.1, 0.15) is 48.1 Å². The summed E-state index contributed by atoms with van der Waals surface area (Å²) in [6, 6.07) is 5.15. The summed E-state index contributed by atoms with van der Waals surface area (Å²) in [7, 11) is 0. The van der Waals surface area contributed by atoms with Gasteiger partial charge in [0.1, 0.15) is 21.5 Å². The molecule has 2 aromatic rings. The molecule has 5 rings (SSSR count). The van der Waals surface area contributed by atoms with Crippen molar-refractivity contribution in [1.82, 2.24) is 10.3 Å². The first kappa shape index (κ1) is 19.2. The second kappa shape index (κ2) is 7.49. The molecule has 2 unspecified atom stereocenters. The summed E-state index contributed by atoms with van der Waals surface area (Å²) in [5.41, 5.74) is 1.20. The molecular formula is C21H21F2N3OS2. The molecule has 1 aliphatic carbocycles. The fourth-order valence-corrected chi connectivity index (χ4v) is 6.97. The lowest BCUT2D eigenvalue weighted by molar-refractivity contribution is -0.137. The van der Waals surface area contributed by atoms with E-state index >= 15 is 0 Å². The second-order valence-corrected chi connectivity index (χ2v) is 9.95. The van der Waals surface area contributed by atoms with Crippen LogP contribution in [0.15, 0.2) is 34.7 Å². The van der Waals surface area contributed by atoms with Crippen LogP contribution in [0.4, 0.5) is 8.78 Å². The predicted octanol–water partition coefficient (Wildman–Crippen LogP) is 4.59. The van der Waals surface area contributed by atoms with Gasteiger partial charge in [0.25, 0.3) is 5.91 Å². The molecule has 1 spiro atoms. The smallest absolute Gasteiger partial charge is 0.261 e. The van der Waals surface area contributed by atoms with Crippen molar-refractivity contribution in [3.63, 3.8) is 0 Å². The van der Waals surface area contributed by atoms with Gasteiger partial charge < -0.3 is 5.32 Å². The van der Waals surface area contributed by atoms with Crippen LogP contribution in [-0.2, 0) is 16.1 Å². The molecule has 1 amide bonds. The number of fused-ring (bicyclic) bond motifs is 2. The Morgan fingerprint density at radius 2 is 2.14 bits per heavy atom. The minimum Gasteiger partial charge on any atom is -0.306 e. The van der Waals surface area contributed by atoms with Gasteiger partial charge in [-0.05, 0) is 68.3 Å². The maximum Gasteiger partial charge on any atom is 0.261 e. The molecule has 0 bridgehead atoms. The minimum absolute atomic E-state index is 0.0805. The Morgan fingerprint density at radius 3 is 2.97 bits per heavy atom. The molecule has 3 aliphatic rings. The minimum atomic E-state index is -0.683. The van der Waals surface area contributed by atoms with Gasteiger partial charge in [-0.25, -0.2) is 13.8 Å². The summed E-state index contributed by atoms with van der Waals surface area (Å²) >= 11 is 3.07. The van der Waals surface area contributed by atoms with E-state index in [1.165, 1.54) is 22.7 Å². The van der Waals surface area contributed by atoms with Crippen molar-refractivity contribution in [2.45, 2.75) is 49.4 Å². The van der Waals surface area contributed by atoms with E-state index in [0.29, 0.717) is 5.04 Å². The number of piperidine rings is 1.